The number of unbranched alkanes of at least 4 members (excludes halogenated alkanes) is 1. The molecule has 0 fully saturated rings. The monoisotopic (exact) mass is 305 g/mol. The largest absolute Gasteiger partial charge is 0.465 e. The molecule has 0 saturated carbocycles. The number of carbonyl (C=O) groups is 1. The van der Waals surface area contributed by atoms with E-state index in [0.29, 0.717) is 11.6 Å². The van der Waals surface area contributed by atoms with Gasteiger partial charge in [-0.2, -0.15) is 4.72 Å². The number of rotatable bonds is 7. The van der Waals surface area contributed by atoms with Gasteiger partial charge in [0.15, 0.2) is 0 Å². The van der Waals surface area contributed by atoms with Gasteiger partial charge in [0.25, 0.3) is 0 Å². The fraction of sp³-hybridized carbons (Fsp3) is 0.417. The molecular formula is C12H16ClNO4S. The van der Waals surface area contributed by atoms with Gasteiger partial charge in [0.1, 0.15) is 6.54 Å². The minimum absolute atomic E-state index is 0.0539. The molecule has 0 aliphatic heterocycles. The van der Waals surface area contributed by atoms with Gasteiger partial charge in [-0.1, -0.05) is 24.9 Å². The van der Waals surface area contributed by atoms with Crippen molar-refractivity contribution in [1.29, 1.82) is 0 Å². The summed E-state index contributed by atoms with van der Waals surface area (Å²) in [5, 5.41) is 0.443. The highest BCUT2D eigenvalue weighted by Crippen LogP contribution is 2.13. The van der Waals surface area contributed by atoms with Crippen LogP contribution >= 0.6 is 11.6 Å². The van der Waals surface area contributed by atoms with Crippen LogP contribution in [0, 0.1) is 0 Å². The maximum Gasteiger partial charge on any atom is 0.321 e. The zero-order valence-corrected chi connectivity index (χ0v) is 12.1. The van der Waals surface area contributed by atoms with Gasteiger partial charge in [-0.15, -0.1) is 0 Å². The Morgan fingerprint density at radius 3 is 2.53 bits per heavy atom. The Bertz CT molecular complexity index is 513. The van der Waals surface area contributed by atoms with Crippen molar-refractivity contribution in [2.75, 3.05) is 13.2 Å². The van der Waals surface area contributed by atoms with Gasteiger partial charge < -0.3 is 4.74 Å². The molecule has 1 N–H and O–H groups in total. The number of esters is 1. The Morgan fingerprint density at radius 2 is 1.95 bits per heavy atom. The molecule has 0 radical (unpaired) electrons. The Hall–Kier alpha value is -1.11. The number of carbonyl (C=O) groups excluding carboxylic acids is 1. The molecule has 1 aromatic carbocycles. The van der Waals surface area contributed by atoms with Crippen molar-refractivity contribution in [2.24, 2.45) is 0 Å². The van der Waals surface area contributed by atoms with E-state index in [1.807, 2.05) is 6.92 Å². The summed E-state index contributed by atoms with van der Waals surface area (Å²) in [6, 6.07) is 5.67. The van der Waals surface area contributed by atoms with Gasteiger partial charge in [0, 0.05) is 5.02 Å². The second-order valence-corrected chi connectivity index (χ2v) is 6.06. The van der Waals surface area contributed by atoms with Crippen molar-refractivity contribution in [2.45, 2.75) is 24.7 Å². The summed E-state index contributed by atoms with van der Waals surface area (Å²) in [7, 11) is -3.71. The number of hydrogen-bond donors (Lipinski definition) is 1. The SMILES string of the molecule is CCCCOC(=O)CNS(=O)(=O)c1ccc(Cl)cc1. The standard InChI is InChI=1S/C12H16ClNO4S/c1-2-3-8-18-12(15)9-14-19(16,17)11-6-4-10(13)5-7-11/h4-7,14H,2-3,8-9H2,1H3. The van der Waals surface area contributed by atoms with Crippen LogP contribution in [0.4, 0.5) is 0 Å². The highest BCUT2D eigenvalue weighted by Gasteiger charge is 2.15. The van der Waals surface area contributed by atoms with Crippen LogP contribution in [0.25, 0.3) is 0 Å². The van der Waals surface area contributed by atoms with E-state index in [1.165, 1.54) is 24.3 Å². The topological polar surface area (TPSA) is 72.5 Å². The smallest absolute Gasteiger partial charge is 0.321 e. The van der Waals surface area contributed by atoms with E-state index in [9.17, 15) is 13.2 Å². The lowest BCUT2D eigenvalue weighted by Crippen LogP contribution is -2.30. The van der Waals surface area contributed by atoms with E-state index in [4.69, 9.17) is 16.3 Å². The molecule has 0 amide bonds. The molecular weight excluding hydrogens is 290 g/mol. The average molecular weight is 306 g/mol. The molecule has 0 spiro atoms. The number of halogens is 1. The molecule has 106 valence electrons. The van der Waals surface area contributed by atoms with Crippen molar-refractivity contribution in [1.82, 2.24) is 4.72 Å². The van der Waals surface area contributed by atoms with Crippen LogP contribution in [-0.2, 0) is 19.6 Å². The molecule has 7 heteroatoms. The molecule has 19 heavy (non-hydrogen) atoms. The Balaban J connectivity index is 2.51. The molecule has 5 nitrogen and oxygen atoms in total. The number of benzene rings is 1. The number of ether oxygens (including phenoxy) is 1. The maximum absolute atomic E-state index is 11.8. The minimum atomic E-state index is -3.71. The van der Waals surface area contributed by atoms with Crippen molar-refractivity contribution in [3.05, 3.63) is 29.3 Å². The first-order valence-corrected chi connectivity index (χ1v) is 7.72. The van der Waals surface area contributed by atoms with Crippen LogP contribution in [0.2, 0.25) is 5.02 Å². The zero-order chi connectivity index (χ0) is 14.3. The molecule has 1 aromatic rings. The van der Waals surface area contributed by atoms with Crippen molar-refractivity contribution in [3.8, 4) is 0 Å². The molecule has 0 saturated heterocycles. The highest BCUT2D eigenvalue weighted by molar-refractivity contribution is 7.89. The van der Waals surface area contributed by atoms with E-state index in [2.05, 4.69) is 4.72 Å². The Labute approximate surface area is 118 Å². The van der Waals surface area contributed by atoms with Gasteiger partial charge in [-0.3, -0.25) is 4.79 Å². The number of nitrogens with one attached hydrogen (secondary N) is 1. The highest BCUT2D eigenvalue weighted by atomic mass is 35.5. The lowest BCUT2D eigenvalue weighted by atomic mass is 10.4. The molecule has 0 bridgehead atoms. The molecule has 0 aromatic heterocycles. The first-order chi connectivity index (χ1) is 8.95. The van der Waals surface area contributed by atoms with Crippen LogP contribution in [0.1, 0.15) is 19.8 Å². The molecule has 0 atom stereocenters. The molecule has 0 aliphatic rings. The van der Waals surface area contributed by atoms with E-state index >= 15 is 0 Å². The van der Waals surface area contributed by atoms with Crippen LogP contribution in [0.3, 0.4) is 0 Å². The summed E-state index contributed by atoms with van der Waals surface area (Å²) in [4.78, 5) is 11.3. The van der Waals surface area contributed by atoms with Crippen LogP contribution in [-0.4, -0.2) is 27.5 Å². The fourth-order valence-electron chi connectivity index (χ4n) is 1.23. The van der Waals surface area contributed by atoms with Gasteiger partial charge in [0.2, 0.25) is 10.0 Å². The Kier molecular flexibility index (Phi) is 6.27. The molecule has 0 unspecified atom stereocenters. The first-order valence-electron chi connectivity index (χ1n) is 5.86. The van der Waals surface area contributed by atoms with Crippen LogP contribution in [0.5, 0.6) is 0 Å². The summed E-state index contributed by atoms with van der Waals surface area (Å²) in [6.45, 7) is 1.89. The number of hydrogen-bond acceptors (Lipinski definition) is 4. The molecule has 0 aliphatic carbocycles. The lowest BCUT2D eigenvalue weighted by Gasteiger charge is -2.07. The van der Waals surface area contributed by atoms with Crippen molar-refractivity contribution >= 4 is 27.6 Å². The normalized spacial score (nSPS) is 11.3. The van der Waals surface area contributed by atoms with Crippen LogP contribution in [0.15, 0.2) is 29.2 Å². The van der Waals surface area contributed by atoms with Crippen molar-refractivity contribution in [3.63, 3.8) is 0 Å². The minimum Gasteiger partial charge on any atom is -0.465 e. The second-order valence-electron chi connectivity index (χ2n) is 3.85. The maximum atomic E-state index is 11.8. The average Bonchev–Trinajstić information content (AvgIpc) is 2.37. The summed E-state index contributed by atoms with van der Waals surface area (Å²) < 4.78 is 30.7. The third kappa shape index (κ3) is 5.59. The van der Waals surface area contributed by atoms with Crippen LogP contribution < -0.4 is 4.72 Å². The van der Waals surface area contributed by atoms with Gasteiger partial charge >= 0.3 is 5.97 Å². The van der Waals surface area contributed by atoms with E-state index in [0.717, 1.165) is 12.8 Å². The summed E-state index contributed by atoms with van der Waals surface area (Å²) in [5.41, 5.74) is 0. The fourth-order valence-corrected chi connectivity index (χ4v) is 2.33. The quantitative estimate of drug-likeness (QED) is 0.617. The van der Waals surface area contributed by atoms with E-state index < -0.39 is 16.0 Å². The zero-order valence-electron chi connectivity index (χ0n) is 10.6. The van der Waals surface area contributed by atoms with E-state index in [-0.39, 0.29) is 11.4 Å². The van der Waals surface area contributed by atoms with Gasteiger partial charge in [0.05, 0.1) is 11.5 Å². The van der Waals surface area contributed by atoms with Crippen molar-refractivity contribution < 1.29 is 17.9 Å². The van der Waals surface area contributed by atoms with Gasteiger partial charge in [-0.05, 0) is 30.7 Å². The molecule has 1 rings (SSSR count). The molecule has 0 heterocycles. The number of sulfonamides is 1. The third-order valence-electron chi connectivity index (χ3n) is 2.29. The second kappa shape index (κ2) is 7.47. The summed E-state index contributed by atoms with van der Waals surface area (Å²) >= 11 is 5.67. The first kappa shape index (κ1) is 15.9. The summed E-state index contributed by atoms with van der Waals surface area (Å²) in [6.07, 6.45) is 1.67. The lowest BCUT2D eigenvalue weighted by molar-refractivity contribution is -0.142. The van der Waals surface area contributed by atoms with E-state index in [1.54, 1.807) is 0 Å². The predicted octanol–water partition coefficient (Wildman–Crippen LogP) is 1.96. The van der Waals surface area contributed by atoms with Gasteiger partial charge in [-0.25, -0.2) is 8.42 Å². The Morgan fingerprint density at radius 1 is 1.32 bits per heavy atom. The summed E-state index contributed by atoms with van der Waals surface area (Å²) in [5.74, 6) is -0.592. The predicted molar refractivity (Wildman–Crippen MR) is 72.5 cm³/mol. The third-order valence-corrected chi connectivity index (χ3v) is 3.96.